The fraction of sp³-hybridized carbons (Fsp3) is 0.304. The van der Waals surface area contributed by atoms with Gasteiger partial charge in [-0.15, -0.1) is 0 Å². The van der Waals surface area contributed by atoms with E-state index in [2.05, 4.69) is 35.7 Å². The smallest absolute Gasteiger partial charge is 0.449 e. The molecule has 0 saturated heterocycles. The van der Waals surface area contributed by atoms with Crippen LogP contribution in [0.25, 0.3) is 10.9 Å². The predicted octanol–water partition coefficient (Wildman–Crippen LogP) is 3.49. The Kier molecular flexibility index (Phi) is 6.74. The van der Waals surface area contributed by atoms with Crippen molar-refractivity contribution in [2.75, 3.05) is 25.1 Å². The number of para-hydroxylation sites is 1. The molecule has 7 nitrogen and oxygen atoms in total. The number of nitrogens with zero attached hydrogens (tertiary/aromatic N) is 2. The predicted molar refractivity (Wildman–Crippen MR) is 117 cm³/mol. The molecule has 158 valence electrons. The first-order valence-electron chi connectivity index (χ1n) is 9.91. The van der Waals surface area contributed by atoms with Crippen LogP contribution in [0.5, 0.6) is 5.75 Å². The average Bonchev–Trinajstić information content (AvgIpc) is 2.72. The Labute approximate surface area is 174 Å². The second-order valence-corrected chi connectivity index (χ2v) is 7.19. The molecule has 3 aromatic rings. The number of ether oxygens (including phenoxy) is 1. The number of fused-ring (bicyclic) bond motifs is 1. The van der Waals surface area contributed by atoms with Crippen molar-refractivity contribution in [1.29, 1.82) is 0 Å². The molecular formula is C23H26N2O5. The van der Waals surface area contributed by atoms with Gasteiger partial charge in [-0.2, -0.15) is 0 Å². The second kappa shape index (κ2) is 9.45. The van der Waals surface area contributed by atoms with E-state index in [4.69, 9.17) is 5.11 Å². The third-order valence-corrected chi connectivity index (χ3v) is 5.01. The third-order valence-electron chi connectivity index (χ3n) is 5.01. The summed E-state index contributed by atoms with van der Waals surface area (Å²) in [5, 5.41) is 18.6. The van der Waals surface area contributed by atoms with Crippen molar-refractivity contribution in [3.05, 3.63) is 70.0 Å². The van der Waals surface area contributed by atoms with E-state index in [1.54, 1.807) is 10.6 Å². The van der Waals surface area contributed by atoms with Crippen molar-refractivity contribution in [1.82, 2.24) is 4.57 Å². The number of rotatable bonds is 8. The monoisotopic (exact) mass is 410 g/mol. The molecule has 0 bridgehead atoms. The lowest BCUT2D eigenvalue weighted by Gasteiger charge is -2.22. The van der Waals surface area contributed by atoms with Crippen molar-refractivity contribution in [3.63, 3.8) is 0 Å². The quantitative estimate of drug-likeness (QED) is 0.553. The van der Waals surface area contributed by atoms with Gasteiger partial charge in [-0.05, 0) is 42.2 Å². The number of carboxylic acid groups (broad SMARTS) is 1. The van der Waals surface area contributed by atoms with E-state index >= 15 is 0 Å². The van der Waals surface area contributed by atoms with Crippen LogP contribution in [0, 0.1) is 0 Å². The molecule has 0 atom stereocenters. The lowest BCUT2D eigenvalue weighted by molar-refractivity contribution is 0.143. The minimum atomic E-state index is -1.55. The molecule has 0 aliphatic rings. The van der Waals surface area contributed by atoms with Gasteiger partial charge in [0.25, 0.3) is 0 Å². The normalized spacial score (nSPS) is 10.9. The lowest BCUT2D eigenvalue weighted by Crippen LogP contribution is -2.19. The summed E-state index contributed by atoms with van der Waals surface area (Å²) in [6.07, 6.45) is 1.44. The number of aliphatic hydroxyl groups excluding tert-OH is 1. The van der Waals surface area contributed by atoms with Gasteiger partial charge in [-0.3, -0.25) is 4.79 Å². The highest BCUT2D eigenvalue weighted by Gasteiger charge is 2.14. The maximum atomic E-state index is 12.8. The van der Waals surface area contributed by atoms with Crippen LogP contribution in [-0.2, 0) is 13.0 Å². The maximum absolute atomic E-state index is 12.8. The highest BCUT2D eigenvalue weighted by Crippen LogP contribution is 2.24. The Morgan fingerprint density at radius 3 is 2.67 bits per heavy atom. The van der Waals surface area contributed by atoms with E-state index in [1.807, 2.05) is 24.3 Å². The number of anilines is 1. The van der Waals surface area contributed by atoms with Crippen LogP contribution in [0.2, 0.25) is 0 Å². The van der Waals surface area contributed by atoms with Crippen LogP contribution >= 0.6 is 0 Å². The molecule has 0 unspecified atom stereocenters. The van der Waals surface area contributed by atoms with Crippen LogP contribution < -0.4 is 15.1 Å². The summed E-state index contributed by atoms with van der Waals surface area (Å²) in [5.74, 6) is -0.274. The molecule has 1 heterocycles. The molecule has 0 saturated carbocycles. The first kappa shape index (κ1) is 21.4. The second-order valence-electron chi connectivity index (χ2n) is 7.19. The van der Waals surface area contributed by atoms with Gasteiger partial charge >= 0.3 is 6.16 Å². The molecule has 1 aromatic heterocycles. The van der Waals surface area contributed by atoms with Gasteiger partial charge in [0.2, 0.25) is 5.43 Å². The summed E-state index contributed by atoms with van der Waals surface area (Å²) >= 11 is 0. The van der Waals surface area contributed by atoms with Crippen LogP contribution in [0.1, 0.15) is 24.5 Å². The topological polar surface area (TPSA) is 92.0 Å². The number of aliphatic hydroxyl groups is 1. The zero-order valence-corrected chi connectivity index (χ0v) is 17.2. The van der Waals surface area contributed by atoms with Gasteiger partial charge in [0.05, 0.1) is 18.3 Å². The molecule has 7 heteroatoms. The molecule has 3 rings (SSSR count). The Morgan fingerprint density at radius 2 is 1.97 bits per heavy atom. The number of aromatic nitrogens is 1. The van der Waals surface area contributed by atoms with Crippen molar-refractivity contribution < 1.29 is 19.7 Å². The Balaban J connectivity index is 2.06. The van der Waals surface area contributed by atoms with Crippen molar-refractivity contribution >= 4 is 22.7 Å². The van der Waals surface area contributed by atoms with Crippen molar-refractivity contribution in [2.45, 2.75) is 26.3 Å². The minimum absolute atomic E-state index is 0.149. The number of hydrogen-bond donors (Lipinski definition) is 2. The maximum Gasteiger partial charge on any atom is 0.511 e. The average molecular weight is 410 g/mol. The zero-order chi connectivity index (χ0) is 21.7. The Bertz CT molecular complexity index is 1110. The molecule has 0 amide bonds. The highest BCUT2D eigenvalue weighted by molar-refractivity contribution is 5.82. The molecule has 30 heavy (non-hydrogen) atoms. The van der Waals surface area contributed by atoms with Crippen molar-refractivity contribution in [2.24, 2.45) is 0 Å². The zero-order valence-electron chi connectivity index (χ0n) is 17.2. The molecule has 0 radical (unpaired) electrons. The fourth-order valence-electron chi connectivity index (χ4n) is 3.70. The number of benzene rings is 2. The van der Waals surface area contributed by atoms with Crippen LogP contribution in [0.4, 0.5) is 10.5 Å². The SMILES string of the molecule is CCCN(C)c1ccccc1Cc1ccc2c(c1)c(=O)c(OC(=O)O)cn2CCO. The summed E-state index contributed by atoms with van der Waals surface area (Å²) in [6.45, 7) is 3.15. The molecule has 2 aromatic carbocycles. The Morgan fingerprint density at radius 1 is 1.20 bits per heavy atom. The van der Waals surface area contributed by atoms with Gasteiger partial charge in [-0.25, -0.2) is 4.79 Å². The van der Waals surface area contributed by atoms with Gasteiger partial charge in [-0.1, -0.05) is 31.2 Å². The van der Waals surface area contributed by atoms with E-state index in [0.29, 0.717) is 17.3 Å². The standard InChI is InChI=1S/C23H26N2O5/c1-3-10-24(2)19-7-5-4-6-17(19)13-16-8-9-20-18(14-16)22(27)21(30-23(28)29)15-25(20)11-12-26/h4-9,14-15,26H,3,10-13H2,1-2H3,(H,28,29). The van der Waals surface area contributed by atoms with E-state index in [0.717, 1.165) is 29.8 Å². The van der Waals surface area contributed by atoms with Crippen LogP contribution in [0.15, 0.2) is 53.5 Å². The summed E-state index contributed by atoms with van der Waals surface area (Å²) in [4.78, 5) is 26.0. The van der Waals surface area contributed by atoms with Gasteiger partial charge in [0.1, 0.15) is 0 Å². The third kappa shape index (κ3) is 4.63. The number of carbonyl (C=O) groups is 1. The highest BCUT2D eigenvalue weighted by atomic mass is 16.7. The molecule has 0 aliphatic carbocycles. The summed E-state index contributed by atoms with van der Waals surface area (Å²) in [7, 11) is 2.06. The van der Waals surface area contributed by atoms with Gasteiger partial charge < -0.3 is 24.4 Å². The first-order valence-corrected chi connectivity index (χ1v) is 9.91. The van der Waals surface area contributed by atoms with E-state index in [9.17, 15) is 14.7 Å². The van der Waals surface area contributed by atoms with E-state index in [-0.39, 0.29) is 18.9 Å². The molecule has 0 aliphatic heterocycles. The summed E-state index contributed by atoms with van der Waals surface area (Å²) < 4.78 is 6.30. The van der Waals surface area contributed by atoms with E-state index < -0.39 is 11.6 Å². The Hall–Kier alpha value is -3.32. The van der Waals surface area contributed by atoms with Crippen LogP contribution in [-0.4, -0.2) is 41.1 Å². The van der Waals surface area contributed by atoms with E-state index in [1.165, 1.54) is 6.20 Å². The fourth-order valence-corrected chi connectivity index (χ4v) is 3.70. The minimum Gasteiger partial charge on any atom is -0.449 e. The van der Waals surface area contributed by atoms with Gasteiger partial charge in [0.15, 0.2) is 5.75 Å². The summed E-state index contributed by atoms with van der Waals surface area (Å²) in [5.41, 5.74) is 3.34. The largest absolute Gasteiger partial charge is 0.511 e. The number of pyridine rings is 1. The number of hydrogen-bond acceptors (Lipinski definition) is 5. The molecule has 0 spiro atoms. The molecule has 2 N–H and O–H groups in total. The summed E-state index contributed by atoms with van der Waals surface area (Å²) in [6, 6.07) is 13.7. The lowest BCUT2D eigenvalue weighted by atomic mass is 10.0. The molecule has 0 fully saturated rings. The molecular weight excluding hydrogens is 384 g/mol. The first-order chi connectivity index (χ1) is 14.4. The van der Waals surface area contributed by atoms with Crippen LogP contribution in [0.3, 0.4) is 0 Å². The van der Waals surface area contributed by atoms with Crippen molar-refractivity contribution in [3.8, 4) is 5.75 Å². The van der Waals surface area contributed by atoms with Gasteiger partial charge in [0, 0.05) is 31.2 Å².